The lowest BCUT2D eigenvalue weighted by atomic mass is 10.1. The van der Waals surface area contributed by atoms with Crippen LogP contribution < -0.4 is 16.2 Å². The molecule has 0 bridgehead atoms. The molecular weight excluding hydrogens is 266 g/mol. The molecule has 0 saturated heterocycles. The number of aromatic nitrogens is 2. The van der Waals surface area contributed by atoms with Gasteiger partial charge in [0.2, 0.25) is 5.95 Å². The van der Waals surface area contributed by atoms with Gasteiger partial charge in [0.05, 0.1) is 17.8 Å². The second kappa shape index (κ2) is 5.00. The number of methoxy groups -OCH3 is 1. The molecule has 2 rings (SSSR count). The largest absolute Gasteiger partial charge is 0.495 e. The molecule has 1 aromatic carbocycles. The number of halogens is 1. The molecule has 1 heterocycles. The number of anilines is 2. The van der Waals surface area contributed by atoms with Gasteiger partial charge in [-0.3, -0.25) is 0 Å². The highest BCUT2D eigenvalue weighted by molar-refractivity contribution is 6.34. The number of nitrogens with zero attached hydrogens (tertiary/aromatic N) is 3. The zero-order chi connectivity index (χ0) is 14.0. The third-order valence-electron chi connectivity index (χ3n) is 2.50. The molecular formula is C12H10ClN5O. The highest BCUT2D eigenvalue weighted by Gasteiger charge is 2.17. The Balaban J connectivity index is 2.76. The van der Waals surface area contributed by atoms with Crippen molar-refractivity contribution >= 4 is 23.4 Å². The average molecular weight is 276 g/mol. The maximum Gasteiger partial charge on any atom is 0.222 e. The summed E-state index contributed by atoms with van der Waals surface area (Å²) in [4.78, 5) is 7.79. The molecule has 2 aromatic rings. The molecule has 4 N–H and O–H groups in total. The van der Waals surface area contributed by atoms with Gasteiger partial charge in [0.1, 0.15) is 23.2 Å². The Kier molecular flexibility index (Phi) is 3.40. The average Bonchev–Trinajstić information content (AvgIpc) is 2.38. The van der Waals surface area contributed by atoms with Crippen LogP contribution >= 0.6 is 11.6 Å². The smallest absolute Gasteiger partial charge is 0.222 e. The fraction of sp³-hybridized carbons (Fsp3) is 0.0833. The molecule has 0 amide bonds. The molecule has 0 aliphatic carbocycles. The predicted molar refractivity (Wildman–Crippen MR) is 72.6 cm³/mol. The van der Waals surface area contributed by atoms with E-state index in [-0.39, 0.29) is 23.0 Å². The summed E-state index contributed by atoms with van der Waals surface area (Å²) in [5, 5.41) is 9.48. The van der Waals surface area contributed by atoms with Gasteiger partial charge >= 0.3 is 0 Å². The van der Waals surface area contributed by atoms with Crippen molar-refractivity contribution in [2.75, 3.05) is 18.6 Å². The van der Waals surface area contributed by atoms with Gasteiger partial charge in [-0.15, -0.1) is 0 Å². The van der Waals surface area contributed by atoms with Gasteiger partial charge in [-0.05, 0) is 6.07 Å². The van der Waals surface area contributed by atoms with Crippen molar-refractivity contribution in [3.63, 3.8) is 0 Å². The maximum absolute atomic E-state index is 9.14. The van der Waals surface area contributed by atoms with Crippen LogP contribution in [0.25, 0.3) is 11.3 Å². The van der Waals surface area contributed by atoms with E-state index in [2.05, 4.69) is 9.97 Å². The van der Waals surface area contributed by atoms with E-state index < -0.39 is 0 Å². The van der Waals surface area contributed by atoms with Crippen molar-refractivity contribution < 1.29 is 4.74 Å². The third-order valence-corrected chi connectivity index (χ3v) is 2.89. The van der Waals surface area contributed by atoms with E-state index in [9.17, 15) is 0 Å². The van der Waals surface area contributed by atoms with Gasteiger partial charge in [-0.25, -0.2) is 4.98 Å². The van der Waals surface area contributed by atoms with Crippen molar-refractivity contribution in [2.24, 2.45) is 0 Å². The van der Waals surface area contributed by atoms with Gasteiger partial charge in [-0.1, -0.05) is 23.7 Å². The number of nitrogens with two attached hydrogens (primary N) is 2. The van der Waals surface area contributed by atoms with Crippen LogP contribution in [0.5, 0.6) is 5.75 Å². The van der Waals surface area contributed by atoms with E-state index in [1.54, 1.807) is 18.2 Å². The summed E-state index contributed by atoms with van der Waals surface area (Å²) in [6, 6.07) is 7.08. The maximum atomic E-state index is 9.14. The number of ether oxygens (including phenoxy) is 1. The number of benzene rings is 1. The van der Waals surface area contributed by atoms with Crippen LogP contribution in [0.1, 0.15) is 5.56 Å². The summed E-state index contributed by atoms with van der Waals surface area (Å²) in [5.41, 5.74) is 12.1. The number of hydrogen-bond donors (Lipinski definition) is 2. The Labute approximate surface area is 114 Å². The van der Waals surface area contributed by atoms with Crippen LogP contribution in [-0.2, 0) is 0 Å². The number of rotatable bonds is 2. The monoisotopic (exact) mass is 275 g/mol. The zero-order valence-corrected chi connectivity index (χ0v) is 10.8. The topological polar surface area (TPSA) is 111 Å². The van der Waals surface area contributed by atoms with E-state index in [1.165, 1.54) is 7.11 Å². The van der Waals surface area contributed by atoms with Crippen molar-refractivity contribution in [2.45, 2.75) is 0 Å². The van der Waals surface area contributed by atoms with Crippen molar-refractivity contribution in [3.05, 3.63) is 28.8 Å². The quantitative estimate of drug-likeness (QED) is 0.865. The second-order valence-electron chi connectivity index (χ2n) is 3.62. The summed E-state index contributed by atoms with van der Waals surface area (Å²) in [7, 11) is 1.50. The van der Waals surface area contributed by atoms with E-state index >= 15 is 0 Å². The molecule has 1 aromatic heterocycles. The van der Waals surface area contributed by atoms with Gasteiger partial charge in [-0.2, -0.15) is 10.2 Å². The minimum absolute atomic E-state index is 0.0175. The number of nitriles is 1. The molecule has 96 valence electrons. The minimum atomic E-state index is -0.0228. The lowest BCUT2D eigenvalue weighted by Crippen LogP contribution is -2.05. The van der Waals surface area contributed by atoms with Gasteiger partial charge in [0.25, 0.3) is 0 Å². The third kappa shape index (κ3) is 2.23. The Morgan fingerprint density at radius 2 is 2.05 bits per heavy atom. The second-order valence-corrected chi connectivity index (χ2v) is 4.00. The first-order chi connectivity index (χ1) is 9.08. The van der Waals surface area contributed by atoms with Gasteiger partial charge in [0, 0.05) is 5.56 Å². The van der Waals surface area contributed by atoms with E-state index in [4.69, 9.17) is 33.1 Å². The first-order valence-electron chi connectivity index (χ1n) is 5.24. The normalized spacial score (nSPS) is 9.95. The lowest BCUT2D eigenvalue weighted by Gasteiger charge is -2.10. The summed E-state index contributed by atoms with van der Waals surface area (Å²) < 4.78 is 5.12. The standard InChI is InChI=1S/C12H10ClN5O/c1-19-8-4-2-3-6(9(8)13)10-7(5-14)11(15)18-12(16)17-10/h2-4H,1H3,(H4,15,16,17,18). The highest BCUT2D eigenvalue weighted by Crippen LogP contribution is 2.36. The molecule has 7 heteroatoms. The van der Waals surface area contributed by atoms with Crippen LogP contribution in [0.4, 0.5) is 11.8 Å². The van der Waals surface area contributed by atoms with E-state index in [1.807, 2.05) is 6.07 Å². The molecule has 0 saturated carbocycles. The molecule has 0 radical (unpaired) electrons. The molecule has 0 aliphatic heterocycles. The van der Waals surface area contributed by atoms with Crippen LogP contribution in [0.15, 0.2) is 18.2 Å². The fourth-order valence-corrected chi connectivity index (χ4v) is 1.95. The predicted octanol–water partition coefficient (Wildman–Crippen LogP) is 1.84. The minimum Gasteiger partial charge on any atom is -0.495 e. The summed E-state index contributed by atoms with van der Waals surface area (Å²) >= 11 is 6.20. The molecule has 0 fully saturated rings. The Hall–Kier alpha value is -2.52. The number of hydrogen-bond acceptors (Lipinski definition) is 6. The van der Waals surface area contributed by atoms with Crippen molar-refractivity contribution in [3.8, 4) is 23.1 Å². The van der Waals surface area contributed by atoms with Gasteiger partial charge < -0.3 is 16.2 Å². The zero-order valence-electron chi connectivity index (χ0n) is 10.0. The van der Waals surface area contributed by atoms with Gasteiger partial charge in [0.15, 0.2) is 0 Å². The summed E-state index contributed by atoms with van der Waals surface area (Å²) in [6.07, 6.45) is 0. The molecule has 0 atom stereocenters. The van der Waals surface area contributed by atoms with Crippen LogP contribution in [0.2, 0.25) is 5.02 Å². The first-order valence-corrected chi connectivity index (χ1v) is 5.62. The van der Waals surface area contributed by atoms with Crippen LogP contribution in [-0.4, -0.2) is 17.1 Å². The Bertz CT molecular complexity index is 681. The first kappa shape index (κ1) is 12.9. The molecule has 19 heavy (non-hydrogen) atoms. The van der Waals surface area contributed by atoms with E-state index in [0.29, 0.717) is 16.3 Å². The molecule has 0 spiro atoms. The van der Waals surface area contributed by atoms with E-state index in [0.717, 1.165) is 0 Å². The Morgan fingerprint density at radius 1 is 1.32 bits per heavy atom. The molecule has 0 aliphatic rings. The SMILES string of the molecule is COc1cccc(-c2nc(N)nc(N)c2C#N)c1Cl. The van der Waals surface area contributed by atoms with Crippen LogP contribution in [0.3, 0.4) is 0 Å². The number of nitrogen functional groups attached to an aromatic ring is 2. The van der Waals surface area contributed by atoms with Crippen LogP contribution in [0, 0.1) is 11.3 Å². The molecule has 0 unspecified atom stereocenters. The summed E-state index contributed by atoms with van der Waals surface area (Å²) in [6.45, 7) is 0. The molecule has 6 nitrogen and oxygen atoms in total. The summed E-state index contributed by atoms with van der Waals surface area (Å²) in [5.74, 6) is 0.466. The highest BCUT2D eigenvalue weighted by atomic mass is 35.5. The fourth-order valence-electron chi connectivity index (χ4n) is 1.65. The lowest BCUT2D eigenvalue weighted by molar-refractivity contribution is 0.415. The Morgan fingerprint density at radius 3 is 2.68 bits per heavy atom. The van der Waals surface area contributed by atoms with Crippen molar-refractivity contribution in [1.29, 1.82) is 5.26 Å². The van der Waals surface area contributed by atoms with Crippen molar-refractivity contribution in [1.82, 2.24) is 9.97 Å².